The molecule has 2 atom stereocenters. The lowest BCUT2D eigenvalue weighted by Crippen LogP contribution is -2.46. The molecule has 1 saturated carbocycles. The van der Waals surface area contributed by atoms with Gasteiger partial charge < -0.3 is 5.11 Å². The summed E-state index contributed by atoms with van der Waals surface area (Å²) in [5.41, 5.74) is 2.51. The number of rotatable bonds is 5. The van der Waals surface area contributed by atoms with E-state index in [2.05, 4.69) is 46.2 Å². The predicted molar refractivity (Wildman–Crippen MR) is 109 cm³/mol. The molecule has 0 aliphatic heterocycles. The van der Waals surface area contributed by atoms with Crippen LogP contribution in [0.5, 0.6) is 0 Å². The molecule has 1 N–H and O–H groups in total. The molecule has 0 unspecified atom stereocenters. The third-order valence-electron chi connectivity index (χ3n) is 5.65. The minimum absolute atomic E-state index is 0.180. The first-order valence-corrected chi connectivity index (χ1v) is 16.7. The van der Waals surface area contributed by atoms with Crippen molar-refractivity contribution in [2.45, 2.75) is 78.3 Å². The quantitative estimate of drug-likeness (QED) is 0.687. The fourth-order valence-electron chi connectivity index (χ4n) is 5.05. The van der Waals surface area contributed by atoms with E-state index in [4.69, 9.17) is 0 Å². The first kappa shape index (κ1) is 19.9. The molecule has 4 heteroatoms. The van der Waals surface area contributed by atoms with Gasteiger partial charge in [-0.25, -0.2) is 0 Å². The Balaban J connectivity index is 2.82. The van der Waals surface area contributed by atoms with Gasteiger partial charge in [0.25, 0.3) is 0 Å². The number of carbonyl (C=O) groups excluding carboxylic acids is 1. The molecule has 136 valence electrons. The molecular weight excluding hydrogens is 328 g/mol. The first-order valence-electron chi connectivity index (χ1n) is 9.66. The van der Waals surface area contributed by atoms with Crippen LogP contribution < -0.4 is 0 Å². The van der Waals surface area contributed by atoms with Crippen molar-refractivity contribution < 1.29 is 9.90 Å². The predicted octanol–water partition coefficient (Wildman–Crippen LogP) is 5.13. The third-order valence-corrected chi connectivity index (χ3v) is 10.2. The number of fused-ring (bicyclic) bond motifs is 1. The lowest BCUT2D eigenvalue weighted by molar-refractivity contribution is -0.116. The lowest BCUT2D eigenvalue weighted by Gasteiger charge is -2.46. The smallest absolute Gasteiger partial charge is 0.162 e. The summed E-state index contributed by atoms with van der Waals surface area (Å²) in [6, 6.07) is 0. The molecule has 0 aromatic heterocycles. The number of ketones is 1. The molecule has 0 saturated heterocycles. The van der Waals surface area contributed by atoms with Crippen molar-refractivity contribution in [3.05, 3.63) is 21.5 Å². The summed E-state index contributed by atoms with van der Waals surface area (Å²) in [5, 5.41) is 13.3. The topological polar surface area (TPSA) is 37.3 Å². The minimum Gasteiger partial charge on any atom is -0.396 e. The molecular formula is C20H36O2Si2. The van der Waals surface area contributed by atoms with Crippen LogP contribution in [0.15, 0.2) is 21.5 Å². The summed E-state index contributed by atoms with van der Waals surface area (Å²) in [6.07, 6.45) is 5.07. The second-order valence-corrected chi connectivity index (χ2v) is 19.7. The van der Waals surface area contributed by atoms with Gasteiger partial charge in [-0.1, -0.05) is 63.0 Å². The number of carbonyl (C=O) groups is 1. The van der Waals surface area contributed by atoms with Crippen molar-refractivity contribution in [3.8, 4) is 0 Å². The Morgan fingerprint density at radius 1 is 0.958 bits per heavy atom. The summed E-state index contributed by atoms with van der Waals surface area (Å²) in [5.74, 6) is 0.995. The summed E-state index contributed by atoms with van der Waals surface area (Å²) in [7, 11) is -3.21. The van der Waals surface area contributed by atoms with Gasteiger partial charge in [0.2, 0.25) is 0 Å². The second kappa shape index (κ2) is 7.04. The van der Waals surface area contributed by atoms with Crippen LogP contribution in [-0.4, -0.2) is 33.6 Å². The van der Waals surface area contributed by atoms with Gasteiger partial charge >= 0.3 is 0 Å². The number of hydrogen-bond acceptors (Lipinski definition) is 2. The second-order valence-electron chi connectivity index (χ2n) is 9.64. The summed E-state index contributed by atoms with van der Waals surface area (Å²) >= 11 is 0. The fraction of sp³-hybridized carbons (Fsp3) is 0.750. The van der Waals surface area contributed by atoms with Crippen molar-refractivity contribution in [1.82, 2.24) is 0 Å². The largest absolute Gasteiger partial charge is 0.396 e. The maximum atomic E-state index is 12.9. The molecule has 1 fully saturated rings. The van der Waals surface area contributed by atoms with Gasteiger partial charge in [-0.2, -0.15) is 0 Å². The molecule has 24 heavy (non-hydrogen) atoms. The zero-order valence-corrected chi connectivity index (χ0v) is 18.8. The SMILES string of the molecule is CCC[C@@H]1C([Si](C)(C)C)=C2CCCC(=O)C2=C([Si](C)(C)C)[C@@H]1CO. The molecule has 0 aromatic rings. The van der Waals surface area contributed by atoms with E-state index < -0.39 is 16.1 Å². The van der Waals surface area contributed by atoms with E-state index in [0.29, 0.717) is 18.1 Å². The van der Waals surface area contributed by atoms with Crippen molar-refractivity contribution >= 4 is 21.9 Å². The van der Waals surface area contributed by atoms with Gasteiger partial charge in [0.15, 0.2) is 5.78 Å². The minimum atomic E-state index is -1.67. The molecule has 0 heterocycles. The zero-order valence-electron chi connectivity index (χ0n) is 16.8. The number of hydrogen-bond donors (Lipinski definition) is 1. The Morgan fingerprint density at radius 3 is 2.00 bits per heavy atom. The van der Waals surface area contributed by atoms with Gasteiger partial charge in [0, 0.05) is 24.5 Å². The van der Waals surface area contributed by atoms with Crippen LogP contribution in [0.1, 0.15) is 39.0 Å². The number of aliphatic hydroxyl groups excluding tert-OH is 1. The Kier molecular flexibility index (Phi) is 5.83. The van der Waals surface area contributed by atoms with E-state index in [0.717, 1.165) is 31.3 Å². The maximum Gasteiger partial charge on any atom is 0.162 e. The normalized spacial score (nSPS) is 26.1. The standard InChI is InChI=1S/C20H36O2Si2/c1-8-10-14-16(13-21)20(24(5,6)7)18-15(11-9-12-17(18)22)19(14)23(2,3)4/h14,16,21H,8-13H2,1-7H3/t14-,16+/m0/s1. The monoisotopic (exact) mass is 364 g/mol. The van der Waals surface area contributed by atoms with Crippen molar-refractivity contribution in [2.24, 2.45) is 11.8 Å². The number of Topliss-reactive ketones (excluding diaryl/α,β-unsaturated/α-hetero) is 1. The van der Waals surface area contributed by atoms with Gasteiger partial charge in [-0.15, -0.1) is 0 Å². The van der Waals surface area contributed by atoms with E-state index in [1.54, 1.807) is 5.20 Å². The Labute approximate surface area is 150 Å². The Hall–Kier alpha value is -0.456. The number of allylic oxidation sites excluding steroid dienone is 3. The third kappa shape index (κ3) is 3.56. The highest BCUT2D eigenvalue weighted by Crippen LogP contribution is 2.50. The van der Waals surface area contributed by atoms with E-state index in [9.17, 15) is 9.90 Å². The molecule has 2 aliphatic rings. The lowest BCUT2D eigenvalue weighted by atomic mass is 9.74. The van der Waals surface area contributed by atoms with Crippen molar-refractivity contribution in [2.75, 3.05) is 6.61 Å². The summed E-state index contributed by atoms with van der Waals surface area (Å²) < 4.78 is 0. The van der Waals surface area contributed by atoms with Gasteiger partial charge in [0.1, 0.15) is 0 Å². The molecule has 0 aromatic carbocycles. The molecule has 0 spiro atoms. The Bertz CT molecular complexity index is 573. The molecule has 0 amide bonds. The molecule has 2 rings (SSSR count). The number of aliphatic hydroxyl groups is 1. The Morgan fingerprint density at radius 2 is 1.54 bits per heavy atom. The zero-order chi connectivity index (χ0) is 18.3. The van der Waals surface area contributed by atoms with Crippen LogP contribution in [0, 0.1) is 11.8 Å². The van der Waals surface area contributed by atoms with Crippen LogP contribution in [0.2, 0.25) is 39.3 Å². The van der Waals surface area contributed by atoms with Crippen LogP contribution in [0.25, 0.3) is 0 Å². The maximum absolute atomic E-state index is 12.9. The van der Waals surface area contributed by atoms with E-state index in [-0.39, 0.29) is 12.5 Å². The molecule has 0 bridgehead atoms. The van der Waals surface area contributed by atoms with Crippen LogP contribution in [0.3, 0.4) is 0 Å². The van der Waals surface area contributed by atoms with Crippen molar-refractivity contribution in [3.63, 3.8) is 0 Å². The summed E-state index contributed by atoms with van der Waals surface area (Å²) in [6.45, 7) is 16.7. The van der Waals surface area contributed by atoms with E-state index >= 15 is 0 Å². The highest BCUT2D eigenvalue weighted by atomic mass is 28.3. The molecule has 0 radical (unpaired) electrons. The highest BCUT2D eigenvalue weighted by molar-refractivity contribution is 6.85. The van der Waals surface area contributed by atoms with Crippen LogP contribution in [0.4, 0.5) is 0 Å². The highest BCUT2D eigenvalue weighted by Gasteiger charge is 2.46. The fourth-order valence-corrected chi connectivity index (χ4v) is 10.1. The average Bonchev–Trinajstić information content (AvgIpc) is 2.44. The molecule has 2 nitrogen and oxygen atoms in total. The van der Waals surface area contributed by atoms with Gasteiger partial charge in [-0.05, 0) is 30.8 Å². The first-order chi connectivity index (χ1) is 11.0. The summed E-state index contributed by atoms with van der Waals surface area (Å²) in [4.78, 5) is 12.9. The van der Waals surface area contributed by atoms with Crippen LogP contribution >= 0.6 is 0 Å². The average molecular weight is 365 g/mol. The molecule has 2 aliphatic carbocycles. The van der Waals surface area contributed by atoms with E-state index in [1.807, 2.05) is 0 Å². The van der Waals surface area contributed by atoms with Gasteiger partial charge in [0.05, 0.1) is 16.1 Å². The van der Waals surface area contributed by atoms with Crippen LogP contribution in [-0.2, 0) is 4.79 Å². The van der Waals surface area contributed by atoms with Gasteiger partial charge in [-0.3, -0.25) is 4.79 Å². The van der Waals surface area contributed by atoms with Crippen molar-refractivity contribution in [1.29, 1.82) is 0 Å². The van der Waals surface area contributed by atoms with E-state index in [1.165, 1.54) is 10.8 Å².